The number of carbonyl (C=O) groups is 1. The van der Waals surface area contributed by atoms with E-state index in [1.807, 2.05) is 13.8 Å². The van der Waals surface area contributed by atoms with Crippen LogP contribution in [0.15, 0.2) is 21.8 Å². The second-order valence-corrected chi connectivity index (χ2v) is 2.64. The van der Waals surface area contributed by atoms with Gasteiger partial charge in [0.2, 0.25) is 0 Å². The summed E-state index contributed by atoms with van der Waals surface area (Å²) in [4.78, 5) is 18.7. The largest absolute Gasteiger partial charge is 0.296 e. The van der Waals surface area contributed by atoms with Gasteiger partial charge in [0.15, 0.2) is 5.78 Å². The molecule has 0 aliphatic heterocycles. The van der Waals surface area contributed by atoms with E-state index in [0.717, 1.165) is 0 Å². The molecule has 0 aliphatic rings. The first-order chi connectivity index (χ1) is 5.63. The third-order valence-electron chi connectivity index (χ3n) is 1.33. The maximum Gasteiger partial charge on any atom is 0.183 e. The lowest BCUT2D eigenvalue weighted by molar-refractivity contribution is -0.118. The second-order valence-electron chi connectivity index (χ2n) is 2.64. The highest BCUT2D eigenvalue weighted by atomic mass is 16.1. The number of rotatable bonds is 4. The van der Waals surface area contributed by atoms with E-state index in [1.165, 1.54) is 6.21 Å². The highest BCUT2D eigenvalue weighted by molar-refractivity contribution is 6.00. The summed E-state index contributed by atoms with van der Waals surface area (Å²) in [5, 5.41) is 0. The molecule has 0 N–H and O–H groups in total. The molecule has 0 unspecified atom stereocenters. The Balaban J connectivity index is 4.56. The van der Waals surface area contributed by atoms with Gasteiger partial charge in [0.1, 0.15) is 5.70 Å². The van der Waals surface area contributed by atoms with Crippen molar-refractivity contribution in [1.82, 2.24) is 0 Å². The number of carbonyl (C=O) groups excluding carboxylic acids is 1. The Morgan fingerprint density at radius 3 is 2.42 bits per heavy atom. The van der Waals surface area contributed by atoms with Crippen LogP contribution in [0.2, 0.25) is 0 Å². The fourth-order valence-electron chi connectivity index (χ4n) is 0.654. The summed E-state index contributed by atoms with van der Waals surface area (Å²) in [5.74, 6) is -0.0584. The average molecular weight is 166 g/mol. The number of aliphatic imine (C=N–C) groups is 2. The Hall–Kier alpha value is -1.25. The molecule has 0 fully saturated rings. The highest BCUT2D eigenvalue weighted by Crippen LogP contribution is 2.05. The summed E-state index contributed by atoms with van der Waals surface area (Å²) in [6.45, 7) is 6.96. The molecule has 3 heteroatoms. The van der Waals surface area contributed by atoms with E-state index in [0.29, 0.717) is 5.70 Å². The molecule has 66 valence electrons. The van der Waals surface area contributed by atoms with Gasteiger partial charge in [0.25, 0.3) is 0 Å². The Labute approximate surface area is 72.9 Å². The zero-order chi connectivity index (χ0) is 9.56. The van der Waals surface area contributed by atoms with Crippen molar-refractivity contribution in [2.45, 2.75) is 13.8 Å². The molecule has 0 aliphatic carbocycles. The summed E-state index contributed by atoms with van der Waals surface area (Å²) in [6.07, 6.45) is 3.10. The van der Waals surface area contributed by atoms with E-state index < -0.39 is 0 Å². The SMILES string of the molecule is C=N/C(=C\C=N/C)C(=O)C(C)C. The van der Waals surface area contributed by atoms with E-state index in [4.69, 9.17) is 0 Å². The van der Waals surface area contributed by atoms with Crippen LogP contribution in [0.25, 0.3) is 0 Å². The van der Waals surface area contributed by atoms with Crippen molar-refractivity contribution in [3.8, 4) is 0 Å². The number of hydrogen-bond donors (Lipinski definition) is 0. The molecule has 0 aromatic rings. The fraction of sp³-hybridized carbons (Fsp3) is 0.444. The summed E-state index contributed by atoms with van der Waals surface area (Å²) in [5.41, 5.74) is 0.371. The first-order valence-corrected chi connectivity index (χ1v) is 3.76. The Morgan fingerprint density at radius 1 is 1.50 bits per heavy atom. The van der Waals surface area contributed by atoms with Crippen molar-refractivity contribution in [3.63, 3.8) is 0 Å². The predicted octanol–water partition coefficient (Wildman–Crippen LogP) is 1.50. The molecule has 0 saturated heterocycles. The number of Topliss-reactive ketones (excluding diaryl/α,β-unsaturated/α-hetero) is 1. The lowest BCUT2D eigenvalue weighted by Gasteiger charge is -2.01. The van der Waals surface area contributed by atoms with Crippen LogP contribution >= 0.6 is 0 Å². The molecular weight excluding hydrogens is 152 g/mol. The molecule has 0 amide bonds. The van der Waals surface area contributed by atoms with Gasteiger partial charge in [-0.1, -0.05) is 13.8 Å². The molecule has 0 spiro atoms. The molecule has 0 saturated carbocycles. The first-order valence-electron chi connectivity index (χ1n) is 3.76. The van der Waals surface area contributed by atoms with Gasteiger partial charge in [-0.15, -0.1) is 0 Å². The van der Waals surface area contributed by atoms with E-state index >= 15 is 0 Å². The quantitative estimate of drug-likeness (QED) is 0.461. The van der Waals surface area contributed by atoms with Crippen molar-refractivity contribution in [3.05, 3.63) is 11.8 Å². The fourth-order valence-corrected chi connectivity index (χ4v) is 0.654. The van der Waals surface area contributed by atoms with E-state index in [-0.39, 0.29) is 11.7 Å². The molecule has 0 bridgehead atoms. The van der Waals surface area contributed by atoms with E-state index in [9.17, 15) is 4.79 Å². The molecule has 12 heavy (non-hydrogen) atoms. The van der Waals surface area contributed by atoms with Crippen LogP contribution in [0.4, 0.5) is 0 Å². The highest BCUT2D eigenvalue weighted by Gasteiger charge is 2.10. The molecule has 3 nitrogen and oxygen atoms in total. The first kappa shape index (κ1) is 10.8. The molecule has 0 aromatic carbocycles. The van der Waals surface area contributed by atoms with Crippen molar-refractivity contribution in [1.29, 1.82) is 0 Å². The maximum absolute atomic E-state index is 11.3. The third-order valence-corrected chi connectivity index (χ3v) is 1.33. The van der Waals surface area contributed by atoms with E-state index in [2.05, 4.69) is 16.7 Å². The van der Waals surface area contributed by atoms with Crippen LogP contribution in [0.5, 0.6) is 0 Å². The number of hydrogen-bond acceptors (Lipinski definition) is 3. The Morgan fingerprint density at radius 2 is 2.08 bits per heavy atom. The average Bonchev–Trinajstić information content (AvgIpc) is 2.05. The van der Waals surface area contributed by atoms with Gasteiger partial charge >= 0.3 is 0 Å². The van der Waals surface area contributed by atoms with Crippen molar-refractivity contribution >= 4 is 18.7 Å². The molecule has 0 aromatic heterocycles. The van der Waals surface area contributed by atoms with E-state index in [1.54, 1.807) is 13.1 Å². The predicted molar refractivity (Wildman–Crippen MR) is 51.9 cm³/mol. The van der Waals surface area contributed by atoms with Gasteiger partial charge in [-0.2, -0.15) is 0 Å². The van der Waals surface area contributed by atoms with Gasteiger partial charge in [-0.3, -0.25) is 14.8 Å². The van der Waals surface area contributed by atoms with Crippen LogP contribution in [0.1, 0.15) is 13.8 Å². The lowest BCUT2D eigenvalue weighted by Crippen LogP contribution is -2.08. The van der Waals surface area contributed by atoms with Crippen LogP contribution in [-0.4, -0.2) is 25.8 Å². The zero-order valence-electron chi connectivity index (χ0n) is 7.74. The Bertz CT molecular complexity index is 227. The molecular formula is C9H14N2O. The van der Waals surface area contributed by atoms with Crippen molar-refractivity contribution in [2.75, 3.05) is 7.05 Å². The molecule has 0 rings (SSSR count). The zero-order valence-corrected chi connectivity index (χ0v) is 7.74. The third kappa shape index (κ3) is 3.23. The topological polar surface area (TPSA) is 41.8 Å². The molecule has 0 radical (unpaired) electrons. The minimum atomic E-state index is -0.0491. The summed E-state index contributed by atoms with van der Waals surface area (Å²) >= 11 is 0. The van der Waals surface area contributed by atoms with Crippen LogP contribution < -0.4 is 0 Å². The van der Waals surface area contributed by atoms with Gasteiger partial charge < -0.3 is 0 Å². The van der Waals surface area contributed by atoms with Crippen molar-refractivity contribution in [2.24, 2.45) is 15.9 Å². The van der Waals surface area contributed by atoms with Crippen LogP contribution in [0.3, 0.4) is 0 Å². The van der Waals surface area contributed by atoms with Crippen molar-refractivity contribution < 1.29 is 4.79 Å². The molecule has 0 atom stereocenters. The maximum atomic E-state index is 11.3. The number of allylic oxidation sites excluding steroid dienone is 2. The summed E-state index contributed by atoms with van der Waals surface area (Å²) in [7, 11) is 1.64. The molecule has 0 heterocycles. The smallest absolute Gasteiger partial charge is 0.183 e. The lowest BCUT2D eigenvalue weighted by atomic mass is 10.1. The minimum Gasteiger partial charge on any atom is -0.296 e. The second kappa shape index (κ2) is 5.41. The van der Waals surface area contributed by atoms with Crippen LogP contribution in [0, 0.1) is 5.92 Å². The van der Waals surface area contributed by atoms with Gasteiger partial charge in [-0.05, 0) is 12.8 Å². The minimum absolute atomic E-state index is 0.00935. The van der Waals surface area contributed by atoms with Gasteiger partial charge in [0.05, 0.1) is 0 Å². The number of ketones is 1. The monoisotopic (exact) mass is 166 g/mol. The Kier molecular flexibility index (Phi) is 4.84. The van der Waals surface area contributed by atoms with Crippen LogP contribution in [-0.2, 0) is 4.79 Å². The summed E-state index contributed by atoms with van der Waals surface area (Å²) < 4.78 is 0. The standard InChI is InChI=1S/C9H14N2O/c1-7(2)9(12)8(11-4)5-6-10-3/h5-7H,4H2,1-3H3/b8-5-,10-6-. The normalized spacial score (nSPS) is 12.5. The van der Waals surface area contributed by atoms with Gasteiger partial charge in [0, 0.05) is 19.2 Å². The summed E-state index contributed by atoms with van der Waals surface area (Å²) in [6, 6.07) is 0. The number of nitrogens with zero attached hydrogens (tertiary/aromatic N) is 2. The van der Waals surface area contributed by atoms with Gasteiger partial charge in [-0.25, -0.2) is 0 Å².